The van der Waals surface area contributed by atoms with E-state index in [0.29, 0.717) is 5.92 Å². The largest absolute Gasteiger partial charge is 0.477 e. The van der Waals surface area contributed by atoms with Crippen LogP contribution in [-0.4, -0.2) is 29.1 Å². The number of carboxylic acids is 1. The van der Waals surface area contributed by atoms with Gasteiger partial charge in [0.05, 0.1) is 11.9 Å². The Hall–Kier alpha value is -1.58. The molecule has 0 saturated carbocycles. The molecule has 1 aromatic heterocycles. The van der Waals surface area contributed by atoms with Gasteiger partial charge in [-0.15, -0.1) is 0 Å². The molecule has 2 heterocycles. The van der Waals surface area contributed by atoms with E-state index in [9.17, 15) is 4.79 Å². The Balaban J connectivity index is 2.06. The van der Waals surface area contributed by atoms with Gasteiger partial charge in [-0.3, -0.25) is 0 Å². The summed E-state index contributed by atoms with van der Waals surface area (Å²) in [7, 11) is 0. The van der Waals surface area contributed by atoms with E-state index < -0.39 is 5.97 Å². The van der Waals surface area contributed by atoms with Crippen LogP contribution in [-0.2, 0) is 0 Å². The van der Waals surface area contributed by atoms with Gasteiger partial charge in [0.15, 0.2) is 0 Å². The highest BCUT2D eigenvalue weighted by atomic mass is 16.4. The number of pyridine rings is 1. The standard InChI is InChI=1S/C13H18N2O2/c1-9(2)10-5-6-15(8-10)11-3-4-12(13(16)17)14-7-11/h3-4,7,9-10H,5-6,8H2,1-2H3,(H,16,17). The molecule has 1 saturated heterocycles. The smallest absolute Gasteiger partial charge is 0.354 e. The van der Waals surface area contributed by atoms with Crippen molar-refractivity contribution in [3.63, 3.8) is 0 Å². The van der Waals surface area contributed by atoms with Crippen molar-refractivity contribution >= 4 is 11.7 Å². The fraction of sp³-hybridized carbons (Fsp3) is 0.538. The molecule has 0 aliphatic carbocycles. The number of carbonyl (C=O) groups is 1. The fourth-order valence-electron chi connectivity index (χ4n) is 2.27. The molecule has 2 rings (SSSR count). The molecular formula is C13H18N2O2. The van der Waals surface area contributed by atoms with Crippen molar-refractivity contribution in [1.82, 2.24) is 4.98 Å². The molecule has 1 unspecified atom stereocenters. The summed E-state index contributed by atoms with van der Waals surface area (Å²) in [5, 5.41) is 8.78. The fourth-order valence-corrected chi connectivity index (χ4v) is 2.27. The maximum Gasteiger partial charge on any atom is 0.354 e. The van der Waals surface area contributed by atoms with Crippen LogP contribution in [0.2, 0.25) is 0 Å². The molecule has 1 N–H and O–H groups in total. The van der Waals surface area contributed by atoms with Gasteiger partial charge in [-0.2, -0.15) is 0 Å². The maximum atomic E-state index is 10.7. The quantitative estimate of drug-likeness (QED) is 0.871. The Morgan fingerprint density at radius 3 is 2.76 bits per heavy atom. The third-order valence-corrected chi connectivity index (χ3v) is 3.50. The zero-order valence-corrected chi connectivity index (χ0v) is 10.3. The van der Waals surface area contributed by atoms with Crippen LogP contribution in [0.15, 0.2) is 18.3 Å². The Kier molecular flexibility index (Phi) is 3.31. The first-order valence-electron chi connectivity index (χ1n) is 6.02. The highest BCUT2D eigenvalue weighted by Gasteiger charge is 2.25. The number of aromatic carboxylic acids is 1. The van der Waals surface area contributed by atoms with Crippen LogP contribution in [0.3, 0.4) is 0 Å². The SMILES string of the molecule is CC(C)C1CCN(c2ccc(C(=O)O)nc2)C1. The van der Waals surface area contributed by atoms with Crippen molar-refractivity contribution in [1.29, 1.82) is 0 Å². The van der Waals surface area contributed by atoms with Crippen molar-refractivity contribution < 1.29 is 9.90 Å². The van der Waals surface area contributed by atoms with E-state index in [-0.39, 0.29) is 5.69 Å². The Bertz CT molecular complexity index is 400. The van der Waals surface area contributed by atoms with Crippen LogP contribution in [0.5, 0.6) is 0 Å². The molecule has 0 bridgehead atoms. The normalized spacial score (nSPS) is 19.9. The monoisotopic (exact) mass is 234 g/mol. The summed E-state index contributed by atoms with van der Waals surface area (Å²) in [5.41, 5.74) is 1.13. The van der Waals surface area contributed by atoms with E-state index in [1.165, 1.54) is 6.42 Å². The third kappa shape index (κ3) is 2.57. The topological polar surface area (TPSA) is 53.4 Å². The van der Waals surface area contributed by atoms with E-state index in [1.807, 2.05) is 6.07 Å². The molecule has 1 aliphatic heterocycles. The summed E-state index contributed by atoms with van der Waals surface area (Å²) in [5.74, 6) is 0.457. The van der Waals surface area contributed by atoms with Crippen LogP contribution in [0.4, 0.5) is 5.69 Å². The average molecular weight is 234 g/mol. The zero-order chi connectivity index (χ0) is 12.4. The van der Waals surface area contributed by atoms with Crippen LogP contribution >= 0.6 is 0 Å². The number of hydrogen-bond donors (Lipinski definition) is 1. The number of nitrogens with zero attached hydrogens (tertiary/aromatic N) is 2. The zero-order valence-electron chi connectivity index (χ0n) is 10.3. The molecule has 0 spiro atoms. The minimum Gasteiger partial charge on any atom is -0.477 e. The van der Waals surface area contributed by atoms with Gasteiger partial charge in [0.25, 0.3) is 0 Å². The molecule has 0 amide bonds. The summed E-state index contributed by atoms with van der Waals surface area (Å²) < 4.78 is 0. The molecule has 4 heteroatoms. The Labute approximate surface area is 101 Å². The van der Waals surface area contributed by atoms with E-state index in [0.717, 1.165) is 24.7 Å². The highest BCUT2D eigenvalue weighted by Crippen LogP contribution is 2.27. The van der Waals surface area contributed by atoms with Gasteiger partial charge in [0, 0.05) is 13.1 Å². The van der Waals surface area contributed by atoms with Gasteiger partial charge in [0.1, 0.15) is 5.69 Å². The Morgan fingerprint density at radius 2 is 2.29 bits per heavy atom. The number of rotatable bonds is 3. The van der Waals surface area contributed by atoms with Crippen molar-refractivity contribution in [3.05, 3.63) is 24.0 Å². The summed E-state index contributed by atoms with van der Waals surface area (Å²) >= 11 is 0. The van der Waals surface area contributed by atoms with E-state index in [4.69, 9.17) is 5.11 Å². The first-order chi connectivity index (χ1) is 8.08. The average Bonchev–Trinajstić information content (AvgIpc) is 2.78. The van der Waals surface area contributed by atoms with Gasteiger partial charge >= 0.3 is 5.97 Å². The first kappa shape index (κ1) is 11.9. The lowest BCUT2D eigenvalue weighted by Gasteiger charge is -2.19. The minimum atomic E-state index is -0.974. The second kappa shape index (κ2) is 4.73. The molecule has 1 aromatic rings. The van der Waals surface area contributed by atoms with Crippen LogP contribution in [0.1, 0.15) is 30.8 Å². The van der Waals surface area contributed by atoms with Gasteiger partial charge in [0.2, 0.25) is 0 Å². The second-order valence-corrected chi connectivity index (χ2v) is 4.95. The van der Waals surface area contributed by atoms with Gasteiger partial charge in [-0.25, -0.2) is 9.78 Å². The minimum absolute atomic E-state index is 0.105. The van der Waals surface area contributed by atoms with Crippen molar-refractivity contribution in [2.24, 2.45) is 11.8 Å². The van der Waals surface area contributed by atoms with Crippen LogP contribution < -0.4 is 4.90 Å². The van der Waals surface area contributed by atoms with E-state index in [1.54, 1.807) is 12.3 Å². The molecule has 0 aromatic carbocycles. The molecule has 1 atom stereocenters. The molecule has 92 valence electrons. The molecule has 17 heavy (non-hydrogen) atoms. The van der Waals surface area contributed by atoms with E-state index >= 15 is 0 Å². The van der Waals surface area contributed by atoms with Gasteiger partial charge < -0.3 is 10.0 Å². The van der Waals surface area contributed by atoms with Gasteiger partial charge in [-0.1, -0.05) is 13.8 Å². The first-order valence-corrected chi connectivity index (χ1v) is 6.02. The number of carboxylic acid groups (broad SMARTS) is 1. The predicted octanol–water partition coefficient (Wildman–Crippen LogP) is 2.26. The van der Waals surface area contributed by atoms with Crippen molar-refractivity contribution in [2.75, 3.05) is 18.0 Å². The van der Waals surface area contributed by atoms with Crippen LogP contribution in [0, 0.1) is 11.8 Å². The lowest BCUT2D eigenvalue weighted by Crippen LogP contribution is -2.21. The Morgan fingerprint density at radius 1 is 1.53 bits per heavy atom. The lowest BCUT2D eigenvalue weighted by atomic mass is 9.95. The second-order valence-electron chi connectivity index (χ2n) is 4.95. The third-order valence-electron chi connectivity index (χ3n) is 3.50. The molecule has 1 aliphatic rings. The summed E-state index contributed by atoms with van der Waals surface area (Å²) in [4.78, 5) is 16.9. The number of aromatic nitrogens is 1. The molecule has 4 nitrogen and oxygen atoms in total. The summed E-state index contributed by atoms with van der Waals surface area (Å²) in [6.45, 7) is 6.59. The number of hydrogen-bond acceptors (Lipinski definition) is 3. The summed E-state index contributed by atoms with van der Waals surface area (Å²) in [6.07, 6.45) is 2.87. The molecule has 0 radical (unpaired) electrons. The van der Waals surface area contributed by atoms with Gasteiger partial charge in [-0.05, 0) is 30.4 Å². The maximum absolute atomic E-state index is 10.7. The van der Waals surface area contributed by atoms with Crippen LogP contribution in [0.25, 0.3) is 0 Å². The molecule has 1 fully saturated rings. The molecular weight excluding hydrogens is 216 g/mol. The summed E-state index contributed by atoms with van der Waals surface area (Å²) in [6, 6.07) is 3.42. The predicted molar refractivity (Wildman–Crippen MR) is 66.4 cm³/mol. The highest BCUT2D eigenvalue weighted by molar-refractivity contribution is 5.85. The van der Waals surface area contributed by atoms with Crippen molar-refractivity contribution in [2.45, 2.75) is 20.3 Å². The van der Waals surface area contributed by atoms with Crippen molar-refractivity contribution in [3.8, 4) is 0 Å². The van der Waals surface area contributed by atoms with E-state index in [2.05, 4.69) is 23.7 Å². The number of anilines is 1. The lowest BCUT2D eigenvalue weighted by molar-refractivity contribution is 0.0690.